The van der Waals surface area contributed by atoms with Gasteiger partial charge in [-0.1, -0.05) is 12.1 Å². The molecule has 35 heavy (non-hydrogen) atoms. The Morgan fingerprint density at radius 2 is 1.94 bits per heavy atom. The van der Waals surface area contributed by atoms with Gasteiger partial charge in [0.25, 0.3) is 0 Å². The minimum Gasteiger partial charge on any atom is -0.462 e. The number of hydrogen-bond acceptors (Lipinski definition) is 6. The number of amides is 1. The highest BCUT2D eigenvalue weighted by Crippen LogP contribution is 2.34. The normalized spacial score (nSPS) is 11.7. The van der Waals surface area contributed by atoms with Crippen LogP contribution in [0.5, 0.6) is 0 Å². The number of halogens is 3. The van der Waals surface area contributed by atoms with Gasteiger partial charge in [-0.3, -0.25) is 10.1 Å². The van der Waals surface area contributed by atoms with E-state index in [-0.39, 0.29) is 18.2 Å². The third kappa shape index (κ3) is 6.18. The second-order valence-electron chi connectivity index (χ2n) is 7.22. The Labute approximate surface area is 198 Å². The second-order valence-corrected chi connectivity index (χ2v) is 7.22. The van der Waals surface area contributed by atoms with Crippen molar-refractivity contribution in [1.29, 1.82) is 5.53 Å². The lowest BCUT2D eigenvalue weighted by Crippen LogP contribution is -2.71. The molecule has 0 saturated heterocycles. The van der Waals surface area contributed by atoms with Crippen LogP contribution in [0.1, 0.15) is 35.5 Å². The first-order valence-corrected chi connectivity index (χ1v) is 10.4. The van der Waals surface area contributed by atoms with Crippen LogP contribution in [0.4, 0.5) is 24.5 Å². The van der Waals surface area contributed by atoms with Gasteiger partial charge in [0.2, 0.25) is 5.91 Å². The maximum atomic E-state index is 13.7. The smallest absolute Gasteiger partial charge is 0.434 e. The molecule has 0 bridgehead atoms. The molecule has 9 nitrogen and oxygen atoms in total. The SMILES string of the molecule is CCOC(=O)c1cnn(-c2ccc([NH2+]/C=C(\N=N)c3cccc(NC(C)=O)c3)cc2)c1C(F)(F)F. The first-order valence-electron chi connectivity index (χ1n) is 10.4. The van der Waals surface area contributed by atoms with Crippen LogP contribution in [0.2, 0.25) is 0 Å². The number of carbonyl (C=O) groups is 2. The molecule has 0 aliphatic rings. The van der Waals surface area contributed by atoms with Gasteiger partial charge < -0.3 is 10.1 Å². The Morgan fingerprint density at radius 3 is 2.54 bits per heavy atom. The largest absolute Gasteiger partial charge is 0.462 e. The quantitative estimate of drug-likeness (QED) is 0.249. The van der Waals surface area contributed by atoms with Gasteiger partial charge in [0.05, 0.1) is 18.5 Å². The van der Waals surface area contributed by atoms with Crippen molar-refractivity contribution in [1.82, 2.24) is 9.78 Å². The number of anilines is 1. The highest BCUT2D eigenvalue weighted by Gasteiger charge is 2.41. The minimum atomic E-state index is -4.83. The molecule has 0 aliphatic carbocycles. The average molecular weight is 487 g/mol. The minimum absolute atomic E-state index is 0.0660. The van der Waals surface area contributed by atoms with E-state index in [2.05, 4.69) is 15.5 Å². The number of benzene rings is 2. The molecule has 0 radical (unpaired) electrons. The van der Waals surface area contributed by atoms with Gasteiger partial charge in [-0.15, -0.1) is 0 Å². The number of rotatable bonds is 8. The molecule has 3 rings (SSSR count). The Balaban J connectivity index is 1.85. The molecule has 1 amide bonds. The number of ether oxygens (including phenoxy) is 1. The van der Waals surface area contributed by atoms with E-state index in [1.807, 2.05) is 0 Å². The number of nitrogens with two attached hydrogens (primary N) is 1. The number of esters is 1. The highest BCUT2D eigenvalue weighted by molar-refractivity contribution is 5.91. The Bertz CT molecular complexity index is 1270. The number of carbonyl (C=O) groups excluding carboxylic acids is 2. The molecule has 0 spiro atoms. The van der Waals surface area contributed by atoms with E-state index in [0.29, 0.717) is 27.3 Å². The van der Waals surface area contributed by atoms with Crippen LogP contribution >= 0.6 is 0 Å². The zero-order valence-corrected chi connectivity index (χ0v) is 18.8. The van der Waals surface area contributed by atoms with Crippen molar-refractivity contribution in [3.05, 3.63) is 77.7 Å². The summed E-state index contributed by atoms with van der Waals surface area (Å²) in [5.74, 6) is -1.34. The monoisotopic (exact) mass is 487 g/mol. The fourth-order valence-corrected chi connectivity index (χ4v) is 3.23. The van der Waals surface area contributed by atoms with Crippen molar-refractivity contribution < 1.29 is 32.8 Å². The summed E-state index contributed by atoms with van der Waals surface area (Å²) in [5, 5.41) is 11.6. The standard InChI is InChI=1S/C23H21F3N6O3/c1-3-35-22(34)19-12-29-32(21(19)23(24,25)26)18-9-7-16(8-10-18)28-13-20(31-27)15-5-4-6-17(11-15)30-14(2)33/h4-13,27-28H,3H2,1-2H3,(H,30,33)/p+1/b20-13-,31-27?. The molecule has 2 aromatic carbocycles. The van der Waals surface area contributed by atoms with Crippen molar-refractivity contribution in [2.45, 2.75) is 20.0 Å². The summed E-state index contributed by atoms with van der Waals surface area (Å²) >= 11 is 0. The maximum Gasteiger partial charge on any atom is 0.434 e. The van der Waals surface area contributed by atoms with Gasteiger partial charge in [0, 0.05) is 30.3 Å². The summed E-state index contributed by atoms with van der Waals surface area (Å²) in [5.41, 5.74) is 7.76. The van der Waals surface area contributed by atoms with Crippen LogP contribution in [0.25, 0.3) is 11.4 Å². The summed E-state index contributed by atoms with van der Waals surface area (Å²) in [7, 11) is 0. The van der Waals surface area contributed by atoms with E-state index in [9.17, 15) is 22.8 Å². The van der Waals surface area contributed by atoms with Gasteiger partial charge in [0.15, 0.2) is 5.69 Å². The van der Waals surface area contributed by atoms with Crippen LogP contribution in [0, 0.1) is 5.53 Å². The summed E-state index contributed by atoms with van der Waals surface area (Å²) in [4.78, 5) is 23.2. The van der Waals surface area contributed by atoms with Crippen LogP contribution in [-0.2, 0) is 15.7 Å². The van der Waals surface area contributed by atoms with Crippen molar-refractivity contribution in [3.8, 4) is 5.69 Å². The Hall–Kier alpha value is -4.32. The lowest BCUT2D eigenvalue weighted by molar-refractivity contribution is -0.495. The molecule has 3 aromatic rings. The first-order chi connectivity index (χ1) is 16.6. The summed E-state index contributed by atoms with van der Waals surface area (Å²) in [6.45, 7) is 2.82. The van der Waals surface area contributed by atoms with Gasteiger partial charge in [-0.05, 0) is 31.2 Å². The second kappa shape index (κ2) is 10.7. The first kappa shape index (κ1) is 25.3. The zero-order valence-electron chi connectivity index (χ0n) is 18.8. The van der Waals surface area contributed by atoms with Crippen molar-refractivity contribution in [2.24, 2.45) is 5.11 Å². The van der Waals surface area contributed by atoms with E-state index >= 15 is 0 Å². The Kier molecular flexibility index (Phi) is 7.76. The lowest BCUT2D eigenvalue weighted by Gasteiger charge is -2.12. The van der Waals surface area contributed by atoms with Crippen LogP contribution in [-0.4, -0.2) is 28.3 Å². The van der Waals surface area contributed by atoms with Crippen LogP contribution in [0.15, 0.2) is 66.0 Å². The van der Waals surface area contributed by atoms with Gasteiger partial charge >= 0.3 is 12.1 Å². The van der Waals surface area contributed by atoms with E-state index in [0.717, 1.165) is 6.20 Å². The summed E-state index contributed by atoms with van der Waals surface area (Å²) in [6, 6.07) is 12.8. The van der Waals surface area contributed by atoms with Crippen LogP contribution < -0.4 is 10.6 Å². The fraction of sp³-hybridized carbons (Fsp3) is 0.174. The molecular formula is C23H22F3N6O3+. The molecule has 12 heteroatoms. The molecule has 1 aromatic heterocycles. The molecular weight excluding hydrogens is 465 g/mol. The molecule has 0 saturated carbocycles. The number of aromatic nitrogens is 2. The predicted octanol–water partition coefficient (Wildman–Crippen LogP) is 4.25. The van der Waals surface area contributed by atoms with Gasteiger partial charge in [-0.25, -0.2) is 15.0 Å². The molecule has 0 aliphatic heterocycles. The predicted molar refractivity (Wildman–Crippen MR) is 120 cm³/mol. The average Bonchev–Trinajstić information content (AvgIpc) is 3.26. The van der Waals surface area contributed by atoms with Crippen molar-refractivity contribution in [3.63, 3.8) is 0 Å². The number of nitrogens with zero attached hydrogens (tertiary/aromatic N) is 3. The number of alkyl halides is 3. The van der Waals surface area contributed by atoms with Crippen LogP contribution in [0.3, 0.4) is 0 Å². The molecule has 0 unspecified atom stereocenters. The molecule has 1 heterocycles. The fourth-order valence-electron chi connectivity index (χ4n) is 3.23. The third-order valence-corrected chi connectivity index (χ3v) is 4.70. The summed E-state index contributed by atoms with van der Waals surface area (Å²) < 4.78 is 46.4. The van der Waals surface area contributed by atoms with Gasteiger partial charge in [0.1, 0.15) is 23.1 Å². The topological polar surface area (TPSA) is 126 Å². The Morgan fingerprint density at radius 1 is 1.23 bits per heavy atom. The van der Waals surface area contributed by atoms with E-state index in [4.69, 9.17) is 10.3 Å². The summed E-state index contributed by atoms with van der Waals surface area (Å²) in [6.07, 6.45) is -2.42. The molecule has 4 N–H and O–H groups in total. The van der Waals surface area contributed by atoms with E-state index < -0.39 is 23.4 Å². The van der Waals surface area contributed by atoms with E-state index in [1.54, 1.807) is 47.9 Å². The lowest BCUT2D eigenvalue weighted by atomic mass is 10.1. The van der Waals surface area contributed by atoms with Crippen molar-refractivity contribution in [2.75, 3.05) is 11.9 Å². The zero-order chi connectivity index (χ0) is 25.6. The molecule has 182 valence electrons. The number of hydrogen-bond donors (Lipinski definition) is 3. The molecule has 0 fully saturated rings. The highest BCUT2D eigenvalue weighted by atomic mass is 19.4. The molecule has 0 atom stereocenters. The third-order valence-electron chi connectivity index (χ3n) is 4.70. The van der Waals surface area contributed by atoms with Gasteiger partial charge in [-0.2, -0.15) is 23.4 Å². The van der Waals surface area contributed by atoms with E-state index in [1.165, 1.54) is 26.0 Å². The number of nitrogens with one attached hydrogen (secondary N) is 2. The maximum absolute atomic E-state index is 13.7. The van der Waals surface area contributed by atoms with Crippen molar-refractivity contribution >= 4 is 28.9 Å². The number of quaternary nitrogens is 1.